The van der Waals surface area contributed by atoms with Crippen molar-refractivity contribution in [3.63, 3.8) is 0 Å². The molecule has 194 valence electrons. The molecule has 1 saturated heterocycles. The van der Waals surface area contributed by atoms with Crippen molar-refractivity contribution in [2.45, 2.75) is 46.1 Å². The van der Waals surface area contributed by atoms with Crippen LogP contribution >= 0.6 is 0 Å². The predicted octanol–water partition coefficient (Wildman–Crippen LogP) is 5.71. The number of aryl methyl sites for hydroxylation is 1. The summed E-state index contributed by atoms with van der Waals surface area (Å²) >= 11 is 0. The Morgan fingerprint density at radius 3 is 2.62 bits per heavy atom. The number of ketones is 1. The molecular weight excluding hydrogens is 472 g/mol. The number of Topliss-reactive ketones (excluding diaryl/α,β-unsaturated/α-hetero) is 1. The van der Waals surface area contributed by atoms with Crippen molar-refractivity contribution in [2.75, 3.05) is 7.11 Å². The molecule has 2 aromatic rings. The Bertz CT molecular complexity index is 1290. The first kappa shape index (κ1) is 25.1. The molecule has 1 aromatic carbocycles. The van der Waals surface area contributed by atoms with Crippen molar-refractivity contribution >= 4 is 17.7 Å². The largest absolute Gasteiger partial charge is 0.490 e. The van der Waals surface area contributed by atoms with Gasteiger partial charge in [-0.1, -0.05) is 38.1 Å². The quantitative estimate of drug-likeness (QED) is 0.492. The summed E-state index contributed by atoms with van der Waals surface area (Å²) in [6.45, 7) is 10.1. The third-order valence-corrected chi connectivity index (χ3v) is 8.75. The second-order valence-electron chi connectivity index (χ2n) is 11.0. The number of methoxy groups -OCH3 is 1. The molecule has 0 bridgehead atoms. The Hall–Kier alpha value is -3.61. The zero-order valence-corrected chi connectivity index (χ0v) is 21.6. The van der Waals surface area contributed by atoms with Gasteiger partial charge in [-0.3, -0.25) is 9.59 Å². The monoisotopic (exact) mass is 504 g/mol. The van der Waals surface area contributed by atoms with E-state index in [1.54, 1.807) is 30.7 Å². The minimum Gasteiger partial charge on any atom is -0.490 e. The smallest absolute Gasteiger partial charge is 0.343 e. The normalized spacial score (nSPS) is 32.9. The lowest BCUT2D eigenvalue weighted by atomic mass is 9.44. The maximum absolute atomic E-state index is 14.2. The number of hydrogen-bond donors (Lipinski definition) is 0. The number of rotatable bonds is 4. The van der Waals surface area contributed by atoms with Crippen molar-refractivity contribution in [2.24, 2.45) is 28.6 Å². The molecule has 7 heteroatoms. The van der Waals surface area contributed by atoms with Gasteiger partial charge < -0.3 is 18.6 Å². The Morgan fingerprint density at radius 1 is 1.16 bits per heavy atom. The Labute approximate surface area is 216 Å². The van der Waals surface area contributed by atoms with Gasteiger partial charge in [0.05, 0.1) is 36.9 Å². The molecule has 0 spiro atoms. The number of carbonyl (C=O) groups excluding carboxylic acids is 3. The van der Waals surface area contributed by atoms with Gasteiger partial charge in [0.25, 0.3) is 0 Å². The van der Waals surface area contributed by atoms with E-state index in [0.717, 1.165) is 11.1 Å². The molecule has 7 nitrogen and oxygen atoms in total. The number of hydrogen-bond acceptors (Lipinski definition) is 7. The SMILES string of the molecule is C=C1O[C@H](c2ccoc2)C[C@]2(C)[C@H]3C(=O)C(OC(=O)c4cccc(C)c4)=C[C@@H](C(=O)OC)[C@]3(C)CC[C@@H]12. The van der Waals surface area contributed by atoms with Crippen LogP contribution in [-0.2, 0) is 23.8 Å². The highest BCUT2D eigenvalue weighted by molar-refractivity contribution is 6.03. The number of fused-ring (bicyclic) bond motifs is 3. The number of furan rings is 1. The van der Waals surface area contributed by atoms with Crippen LogP contribution < -0.4 is 0 Å². The van der Waals surface area contributed by atoms with Crippen LogP contribution in [0.3, 0.4) is 0 Å². The lowest BCUT2D eigenvalue weighted by Gasteiger charge is -2.60. The number of carbonyl (C=O) groups is 3. The van der Waals surface area contributed by atoms with Crippen LogP contribution in [0.1, 0.15) is 60.7 Å². The van der Waals surface area contributed by atoms with Crippen LogP contribution in [0.15, 0.2) is 71.4 Å². The summed E-state index contributed by atoms with van der Waals surface area (Å²) in [5.74, 6) is -2.33. The number of esters is 2. The topological polar surface area (TPSA) is 92.0 Å². The first-order valence-electron chi connectivity index (χ1n) is 12.6. The van der Waals surface area contributed by atoms with Crippen LogP contribution in [-0.4, -0.2) is 24.8 Å². The van der Waals surface area contributed by atoms with Gasteiger partial charge in [0.15, 0.2) is 5.76 Å². The van der Waals surface area contributed by atoms with Gasteiger partial charge in [-0.2, -0.15) is 0 Å². The van der Waals surface area contributed by atoms with Gasteiger partial charge >= 0.3 is 11.9 Å². The highest BCUT2D eigenvalue weighted by Crippen LogP contribution is 2.66. The zero-order chi connectivity index (χ0) is 26.5. The Kier molecular flexibility index (Phi) is 6.13. The third kappa shape index (κ3) is 4.01. The van der Waals surface area contributed by atoms with Gasteiger partial charge in [0.1, 0.15) is 6.10 Å². The highest BCUT2D eigenvalue weighted by atomic mass is 16.5. The standard InChI is InChI=1S/C30H32O7/c1-17-7-6-8-19(13-17)27(32)37-23-14-22(28(33)34-5)29(3)11-9-21-18(2)36-24(20-10-12-35-16-20)15-30(21,4)26(29)25(23)31/h6-8,10,12-14,16,21-22,24,26H,2,9,11,15H2,1,3-5H3/t21-,22-,24-,26-,29-,30-/m0/s1. The molecule has 1 aromatic heterocycles. The summed E-state index contributed by atoms with van der Waals surface area (Å²) in [5, 5.41) is 0. The molecule has 0 N–H and O–H groups in total. The van der Waals surface area contributed by atoms with Crippen LogP contribution in [0.4, 0.5) is 0 Å². The van der Waals surface area contributed by atoms with Crippen LogP contribution in [0.2, 0.25) is 0 Å². The van der Waals surface area contributed by atoms with Crippen molar-refractivity contribution < 1.29 is 33.0 Å². The van der Waals surface area contributed by atoms with Crippen molar-refractivity contribution in [3.8, 4) is 0 Å². The Balaban J connectivity index is 1.57. The molecule has 3 aliphatic rings. The van der Waals surface area contributed by atoms with Gasteiger partial charge in [-0.25, -0.2) is 4.79 Å². The summed E-state index contributed by atoms with van der Waals surface area (Å²) in [6, 6.07) is 8.82. The van der Waals surface area contributed by atoms with E-state index >= 15 is 0 Å². The second kappa shape index (κ2) is 9.05. The van der Waals surface area contributed by atoms with Crippen molar-refractivity contribution in [3.05, 3.63) is 83.7 Å². The summed E-state index contributed by atoms with van der Waals surface area (Å²) in [7, 11) is 1.34. The van der Waals surface area contributed by atoms with Gasteiger partial charge in [0.2, 0.25) is 5.78 Å². The molecule has 37 heavy (non-hydrogen) atoms. The van der Waals surface area contributed by atoms with Crippen LogP contribution in [0, 0.1) is 35.5 Å². The number of allylic oxidation sites excluding steroid dienone is 2. The van der Waals surface area contributed by atoms with E-state index in [-0.39, 0.29) is 23.6 Å². The molecule has 1 aliphatic heterocycles. The first-order valence-corrected chi connectivity index (χ1v) is 12.6. The molecule has 2 aliphatic carbocycles. The molecule has 6 atom stereocenters. The molecule has 0 radical (unpaired) electrons. The fraction of sp³-hybridized carbons (Fsp3) is 0.433. The van der Waals surface area contributed by atoms with E-state index in [1.807, 2.05) is 26.0 Å². The summed E-state index contributed by atoms with van der Waals surface area (Å²) in [6.07, 6.45) is 6.21. The maximum Gasteiger partial charge on any atom is 0.343 e. The molecule has 5 rings (SSSR count). The van der Waals surface area contributed by atoms with Crippen molar-refractivity contribution in [1.29, 1.82) is 0 Å². The fourth-order valence-corrected chi connectivity index (χ4v) is 7.00. The van der Waals surface area contributed by atoms with Gasteiger partial charge in [-0.05, 0) is 61.3 Å². The summed E-state index contributed by atoms with van der Waals surface area (Å²) in [4.78, 5) is 40.4. The van der Waals surface area contributed by atoms with E-state index in [9.17, 15) is 14.4 Å². The Morgan fingerprint density at radius 2 is 1.95 bits per heavy atom. The first-order chi connectivity index (χ1) is 17.6. The maximum atomic E-state index is 14.2. The minimum absolute atomic E-state index is 0.0946. The van der Waals surface area contributed by atoms with E-state index in [4.69, 9.17) is 18.6 Å². The summed E-state index contributed by atoms with van der Waals surface area (Å²) < 4.78 is 22.4. The van der Waals surface area contributed by atoms with E-state index in [2.05, 4.69) is 13.5 Å². The van der Waals surface area contributed by atoms with E-state index < -0.39 is 34.6 Å². The number of benzene rings is 1. The zero-order valence-electron chi connectivity index (χ0n) is 21.6. The van der Waals surface area contributed by atoms with Gasteiger partial charge in [0, 0.05) is 17.4 Å². The lowest BCUT2D eigenvalue weighted by molar-refractivity contribution is -0.174. The van der Waals surface area contributed by atoms with E-state index in [1.165, 1.54) is 13.2 Å². The minimum atomic E-state index is -0.748. The molecule has 2 heterocycles. The van der Waals surface area contributed by atoms with Crippen LogP contribution in [0.5, 0.6) is 0 Å². The molecule has 0 unspecified atom stereocenters. The highest BCUT2D eigenvalue weighted by Gasteiger charge is 2.65. The van der Waals surface area contributed by atoms with Gasteiger partial charge in [-0.15, -0.1) is 0 Å². The van der Waals surface area contributed by atoms with Crippen LogP contribution in [0.25, 0.3) is 0 Å². The molecule has 1 saturated carbocycles. The third-order valence-electron chi connectivity index (χ3n) is 8.75. The predicted molar refractivity (Wildman–Crippen MR) is 134 cm³/mol. The second-order valence-corrected chi connectivity index (χ2v) is 11.0. The number of ether oxygens (including phenoxy) is 3. The lowest BCUT2D eigenvalue weighted by Crippen LogP contribution is -2.60. The molecule has 2 fully saturated rings. The average Bonchev–Trinajstić information content (AvgIpc) is 3.39. The average molecular weight is 505 g/mol. The fourth-order valence-electron chi connectivity index (χ4n) is 7.00. The molecule has 0 amide bonds. The van der Waals surface area contributed by atoms with Crippen molar-refractivity contribution in [1.82, 2.24) is 0 Å². The molecular formula is C30H32O7. The summed E-state index contributed by atoms with van der Waals surface area (Å²) in [5.41, 5.74) is 0.759. The van der Waals surface area contributed by atoms with E-state index in [0.29, 0.717) is 30.6 Å².